The molecule has 2 aromatic carbocycles. The zero-order chi connectivity index (χ0) is 14.2. The van der Waals surface area contributed by atoms with E-state index < -0.39 is 17.7 Å². The minimum absolute atomic E-state index is 0.0990. The van der Waals surface area contributed by atoms with E-state index in [-0.39, 0.29) is 10.0 Å². The minimum atomic E-state index is -0.678. The summed E-state index contributed by atoms with van der Waals surface area (Å²) in [6.45, 7) is 3.89. The summed E-state index contributed by atoms with van der Waals surface area (Å²) in [5.74, 6) is -1.03. The Bertz CT molecular complexity index is 626. The predicted molar refractivity (Wildman–Crippen MR) is 76.0 cm³/mol. The smallest absolute Gasteiger partial charge is 0.137 e. The first-order chi connectivity index (χ1) is 8.91. The van der Waals surface area contributed by atoms with Crippen LogP contribution in [0.25, 0.3) is 0 Å². The number of aryl methyl sites for hydroxylation is 1. The van der Waals surface area contributed by atoms with Gasteiger partial charge in [-0.3, -0.25) is 0 Å². The first-order valence-corrected chi connectivity index (χ1v) is 6.67. The molecule has 2 aromatic rings. The fraction of sp³-hybridized carbons (Fsp3) is 0.200. The van der Waals surface area contributed by atoms with Crippen molar-refractivity contribution in [2.45, 2.75) is 19.9 Å². The van der Waals surface area contributed by atoms with Crippen LogP contribution in [0, 0.1) is 25.5 Å². The van der Waals surface area contributed by atoms with E-state index in [4.69, 9.17) is 5.73 Å². The maximum atomic E-state index is 13.9. The van der Waals surface area contributed by atoms with E-state index in [1.54, 1.807) is 0 Å². The Balaban J connectivity index is 2.53. The number of benzene rings is 2. The Morgan fingerprint density at radius 2 is 1.74 bits per heavy atom. The first-order valence-electron chi connectivity index (χ1n) is 5.88. The molecule has 2 rings (SSSR count). The molecule has 0 aliphatic rings. The van der Waals surface area contributed by atoms with Crippen LogP contribution in [0.4, 0.5) is 8.78 Å². The van der Waals surface area contributed by atoms with Crippen molar-refractivity contribution in [1.82, 2.24) is 0 Å². The van der Waals surface area contributed by atoms with Gasteiger partial charge in [0.2, 0.25) is 0 Å². The summed E-state index contributed by atoms with van der Waals surface area (Å²) in [6, 6.07) is 7.24. The Morgan fingerprint density at radius 3 is 2.42 bits per heavy atom. The van der Waals surface area contributed by atoms with Gasteiger partial charge in [-0.1, -0.05) is 18.2 Å². The molecule has 1 atom stereocenters. The lowest BCUT2D eigenvalue weighted by Gasteiger charge is -2.17. The molecule has 0 spiro atoms. The molecule has 0 saturated carbocycles. The molecule has 2 N–H and O–H groups in total. The van der Waals surface area contributed by atoms with Crippen molar-refractivity contribution in [3.05, 3.63) is 68.7 Å². The second kappa shape index (κ2) is 5.39. The van der Waals surface area contributed by atoms with Crippen LogP contribution in [-0.4, -0.2) is 0 Å². The number of rotatable bonds is 2. The van der Waals surface area contributed by atoms with Gasteiger partial charge in [-0.15, -0.1) is 0 Å². The molecule has 1 unspecified atom stereocenters. The summed E-state index contributed by atoms with van der Waals surface area (Å²) in [5, 5.41) is 0. The Kier molecular flexibility index (Phi) is 4.02. The van der Waals surface area contributed by atoms with Crippen LogP contribution < -0.4 is 5.73 Å². The van der Waals surface area contributed by atoms with Crippen LogP contribution in [0.1, 0.15) is 28.3 Å². The summed E-state index contributed by atoms with van der Waals surface area (Å²) >= 11 is 2.96. The van der Waals surface area contributed by atoms with Crippen LogP contribution in [-0.2, 0) is 0 Å². The SMILES string of the molecule is Cc1cccc(C(N)c2cc(F)c(Br)cc2F)c1C. The highest BCUT2D eigenvalue weighted by Gasteiger charge is 2.18. The normalized spacial score (nSPS) is 12.5. The molecule has 0 fully saturated rings. The molecule has 0 radical (unpaired) electrons. The van der Waals surface area contributed by atoms with Crippen molar-refractivity contribution in [2.24, 2.45) is 5.73 Å². The third kappa shape index (κ3) is 2.69. The molecule has 0 amide bonds. The second-order valence-electron chi connectivity index (χ2n) is 4.55. The van der Waals surface area contributed by atoms with Crippen LogP contribution in [0.5, 0.6) is 0 Å². The van der Waals surface area contributed by atoms with Crippen molar-refractivity contribution in [1.29, 1.82) is 0 Å². The number of halogens is 3. The lowest BCUT2D eigenvalue weighted by molar-refractivity contribution is 0.572. The van der Waals surface area contributed by atoms with Crippen LogP contribution in [0.15, 0.2) is 34.8 Å². The lowest BCUT2D eigenvalue weighted by Crippen LogP contribution is -2.15. The molecular formula is C15H14BrF2N. The average Bonchev–Trinajstić information content (AvgIpc) is 2.36. The molecule has 0 aliphatic heterocycles. The molecule has 19 heavy (non-hydrogen) atoms. The highest BCUT2D eigenvalue weighted by atomic mass is 79.9. The molecule has 1 nitrogen and oxygen atoms in total. The maximum Gasteiger partial charge on any atom is 0.137 e. The van der Waals surface area contributed by atoms with Gasteiger partial charge < -0.3 is 5.73 Å². The van der Waals surface area contributed by atoms with Crippen LogP contribution in [0.2, 0.25) is 0 Å². The van der Waals surface area contributed by atoms with Gasteiger partial charge in [0.1, 0.15) is 11.6 Å². The Morgan fingerprint density at radius 1 is 1.05 bits per heavy atom. The Hall–Kier alpha value is -1.26. The molecular weight excluding hydrogens is 312 g/mol. The highest BCUT2D eigenvalue weighted by Crippen LogP contribution is 2.29. The standard InChI is InChI=1S/C15H14BrF2N/c1-8-4-3-5-10(9(8)2)15(19)11-6-14(18)12(16)7-13(11)17/h3-7,15H,19H2,1-2H3. The molecule has 0 saturated heterocycles. The fourth-order valence-electron chi connectivity index (χ4n) is 2.05. The third-order valence-electron chi connectivity index (χ3n) is 3.36. The summed E-state index contributed by atoms with van der Waals surface area (Å²) in [5.41, 5.74) is 9.12. The van der Waals surface area contributed by atoms with E-state index in [2.05, 4.69) is 15.9 Å². The average molecular weight is 326 g/mol. The van der Waals surface area contributed by atoms with Gasteiger partial charge in [-0.05, 0) is 58.6 Å². The van der Waals surface area contributed by atoms with E-state index in [0.29, 0.717) is 0 Å². The van der Waals surface area contributed by atoms with Crippen molar-refractivity contribution < 1.29 is 8.78 Å². The van der Waals surface area contributed by atoms with Crippen molar-refractivity contribution in [3.63, 3.8) is 0 Å². The van der Waals surface area contributed by atoms with E-state index in [1.165, 1.54) is 0 Å². The summed E-state index contributed by atoms with van der Waals surface area (Å²) in [6.07, 6.45) is 0. The van der Waals surface area contributed by atoms with Gasteiger partial charge in [0, 0.05) is 5.56 Å². The zero-order valence-electron chi connectivity index (χ0n) is 10.7. The van der Waals surface area contributed by atoms with E-state index in [9.17, 15) is 8.78 Å². The summed E-state index contributed by atoms with van der Waals surface area (Å²) in [4.78, 5) is 0. The molecule has 100 valence electrons. The summed E-state index contributed by atoms with van der Waals surface area (Å²) in [7, 11) is 0. The van der Waals surface area contributed by atoms with Gasteiger partial charge in [0.25, 0.3) is 0 Å². The van der Waals surface area contributed by atoms with Gasteiger partial charge in [-0.2, -0.15) is 0 Å². The number of hydrogen-bond donors (Lipinski definition) is 1. The topological polar surface area (TPSA) is 26.0 Å². The van der Waals surface area contributed by atoms with E-state index >= 15 is 0 Å². The Labute approximate surface area is 119 Å². The lowest BCUT2D eigenvalue weighted by atomic mass is 9.93. The predicted octanol–water partition coefficient (Wildman–Crippen LogP) is 4.39. The van der Waals surface area contributed by atoms with Crippen LogP contribution >= 0.6 is 15.9 Å². The number of hydrogen-bond acceptors (Lipinski definition) is 1. The molecule has 0 heterocycles. The maximum absolute atomic E-state index is 13.9. The highest BCUT2D eigenvalue weighted by molar-refractivity contribution is 9.10. The van der Waals surface area contributed by atoms with E-state index in [0.717, 1.165) is 28.8 Å². The van der Waals surface area contributed by atoms with Crippen molar-refractivity contribution >= 4 is 15.9 Å². The van der Waals surface area contributed by atoms with Gasteiger partial charge >= 0.3 is 0 Å². The zero-order valence-corrected chi connectivity index (χ0v) is 12.3. The van der Waals surface area contributed by atoms with Crippen molar-refractivity contribution in [3.8, 4) is 0 Å². The van der Waals surface area contributed by atoms with E-state index in [1.807, 2.05) is 32.0 Å². The number of nitrogens with two attached hydrogens (primary N) is 1. The molecule has 0 bridgehead atoms. The van der Waals surface area contributed by atoms with Gasteiger partial charge in [-0.25, -0.2) is 8.78 Å². The van der Waals surface area contributed by atoms with Gasteiger partial charge in [0.15, 0.2) is 0 Å². The molecule has 4 heteroatoms. The molecule has 0 aromatic heterocycles. The van der Waals surface area contributed by atoms with Crippen LogP contribution in [0.3, 0.4) is 0 Å². The quantitative estimate of drug-likeness (QED) is 0.814. The minimum Gasteiger partial charge on any atom is -0.320 e. The second-order valence-corrected chi connectivity index (χ2v) is 5.41. The largest absolute Gasteiger partial charge is 0.320 e. The molecule has 0 aliphatic carbocycles. The van der Waals surface area contributed by atoms with Crippen molar-refractivity contribution in [2.75, 3.05) is 0 Å². The van der Waals surface area contributed by atoms with Gasteiger partial charge in [0.05, 0.1) is 10.5 Å². The fourth-order valence-corrected chi connectivity index (χ4v) is 2.37. The third-order valence-corrected chi connectivity index (χ3v) is 3.96. The first kappa shape index (κ1) is 14.2. The summed E-state index contributed by atoms with van der Waals surface area (Å²) < 4.78 is 27.6. The monoisotopic (exact) mass is 325 g/mol.